The van der Waals surface area contributed by atoms with Crippen LogP contribution in [0, 0.1) is 13.8 Å². The van der Waals surface area contributed by atoms with Crippen LogP contribution in [-0.4, -0.2) is 0 Å². The highest BCUT2D eigenvalue weighted by molar-refractivity contribution is 9.10. The van der Waals surface area contributed by atoms with E-state index in [9.17, 15) is 0 Å². The SMILES string of the molecule is Cc1ccc(C)c(C(NN)c2ccc(Br)cc2)c1. The normalized spacial score (nSPS) is 12.4. The van der Waals surface area contributed by atoms with Gasteiger partial charge in [0.2, 0.25) is 0 Å². The summed E-state index contributed by atoms with van der Waals surface area (Å²) in [4.78, 5) is 0. The van der Waals surface area contributed by atoms with Crippen LogP contribution in [0.3, 0.4) is 0 Å². The van der Waals surface area contributed by atoms with Crippen molar-refractivity contribution in [3.8, 4) is 0 Å². The van der Waals surface area contributed by atoms with Gasteiger partial charge in [0, 0.05) is 4.47 Å². The van der Waals surface area contributed by atoms with Gasteiger partial charge in [-0.2, -0.15) is 0 Å². The van der Waals surface area contributed by atoms with Crippen LogP contribution in [0.15, 0.2) is 46.9 Å². The minimum atomic E-state index is 0.0259. The maximum Gasteiger partial charge on any atom is 0.0712 e. The van der Waals surface area contributed by atoms with Crippen LogP contribution >= 0.6 is 15.9 Å². The number of aryl methyl sites for hydroxylation is 2. The van der Waals surface area contributed by atoms with Crippen LogP contribution in [0.4, 0.5) is 0 Å². The van der Waals surface area contributed by atoms with Crippen LogP contribution in [0.2, 0.25) is 0 Å². The summed E-state index contributed by atoms with van der Waals surface area (Å²) in [6.07, 6.45) is 0. The minimum absolute atomic E-state index is 0.0259. The molecule has 0 bridgehead atoms. The van der Waals surface area contributed by atoms with Crippen molar-refractivity contribution in [2.45, 2.75) is 19.9 Å². The van der Waals surface area contributed by atoms with Crippen molar-refractivity contribution in [2.75, 3.05) is 0 Å². The third kappa shape index (κ3) is 2.80. The van der Waals surface area contributed by atoms with Gasteiger partial charge in [0.15, 0.2) is 0 Å². The summed E-state index contributed by atoms with van der Waals surface area (Å²) in [5, 5.41) is 0. The van der Waals surface area contributed by atoms with Gasteiger partial charge in [-0.15, -0.1) is 0 Å². The molecule has 2 rings (SSSR count). The van der Waals surface area contributed by atoms with E-state index in [1.54, 1.807) is 0 Å². The molecule has 1 atom stereocenters. The van der Waals surface area contributed by atoms with E-state index >= 15 is 0 Å². The third-order valence-electron chi connectivity index (χ3n) is 3.12. The molecule has 1 unspecified atom stereocenters. The summed E-state index contributed by atoms with van der Waals surface area (Å²) in [5.41, 5.74) is 7.78. The van der Waals surface area contributed by atoms with Crippen LogP contribution < -0.4 is 11.3 Å². The molecule has 0 fully saturated rings. The molecule has 3 heteroatoms. The fourth-order valence-corrected chi connectivity index (χ4v) is 2.36. The number of halogens is 1. The van der Waals surface area contributed by atoms with Crippen molar-refractivity contribution in [1.29, 1.82) is 0 Å². The maximum atomic E-state index is 5.73. The first-order valence-corrected chi connectivity index (χ1v) is 6.70. The van der Waals surface area contributed by atoms with E-state index in [0.29, 0.717) is 0 Å². The topological polar surface area (TPSA) is 38.0 Å². The molecular formula is C15H17BrN2. The molecule has 2 aromatic carbocycles. The second-order valence-electron chi connectivity index (χ2n) is 4.51. The molecule has 0 saturated carbocycles. The molecule has 0 aromatic heterocycles. The molecule has 3 N–H and O–H groups in total. The number of hydrogen-bond acceptors (Lipinski definition) is 2. The highest BCUT2D eigenvalue weighted by Gasteiger charge is 2.14. The first-order chi connectivity index (χ1) is 8.61. The molecular weight excluding hydrogens is 288 g/mol. The lowest BCUT2D eigenvalue weighted by molar-refractivity contribution is 0.633. The Labute approximate surface area is 116 Å². The van der Waals surface area contributed by atoms with Crippen molar-refractivity contribution >= 4 is 15.9 Å². The summed E-state index contributed by atoms with van der Waals surface area (Å²) >= 11 is 3.45. The molecule has 0 aliphatic carbocycles. The van der Waals surface area contributed by atoms with E-state index in [0.717, 1.165) is 10.0 Å². The van der Waals surface area contributed by atoms with Gasteiger partial charge in [0.05, 0.1) is 6.04 Å². The van der Waals surface area contributed by atoms with Crippen molar-refractivity contribution in [1.82, 2.24) is 5.43 Å². The lowest BCUT2D eigenvalue weighted by Gasteiger charge is -2.19. The first-order valence-electron chi connectivity index (χ1n) is 5.90. The minimum Gasteiger partial charge on any atom is -0.271 e. The van der Waals surface area contributed by atoms with Gasteiger partial charge in [-0.1, -0.05) is 51.8 Å². The van der Waals surface area contributed by atoms with E-state index in [-0.39, 0.29) is 6.04 Å². The molecule has 94 valence electrons. The van der Waals surface area contributed by atoms with Gasteiger partial charge in [0.25, 0.3) is 0 Å². The van der Waals surface area contributed by atoms with Crippen LogP contribution in [0.25, 0.3) is 0 Å². The Morgan fingerprint density at radius 1 is 1.06 bits per heavy atom. The Kier molecular flexibility index (Phi) is 4.17. The van der Waals surface area contributed by atoms with Gasteiger partial charge in [0.1, 0.15) is 0 Å². The van der Waals surface area contributed by atoms with E-state index in [1.165, 1.54) is 16.7 Å². The summed E-state index contributed by atoms with van der Waals surface area (Å²) in [5.74, 6) is 5.73. The number of benzene rings is 2. The van der Waals surface area contributed by atoms with Crippen molar-refractivity contribution in [2.24, 2.45) is 5.84 Å². The molecule has 2 nitrogen and oxygen atoms in total. The van der Waals surface area contributed by atoms with Gasteiger partial charge in [-0.25, -0.2) is 5.43 Å². The molecule has 0 saturated heterocycles. The zero-order chi connectivity index (χ0) is 13.1. The van der Waals surface area contributed by atoms with E-state index in [2.05, 4.69) is 65.5 Å². The molecule has 0 amide bonds. The average Bonchev–Trinajstić information content (AvgIpc) is 2.37. The standard InChI is InChI=1S/C15H17BrN2/c1-10-3-4-11(2)14(9-10)15(18-17)12-5-7-13(16)8-6-12/h3-9,15,18H,17H2,1-2H3. The summed E-state index contributed by atoms with van der Waals surface area (Å²) in [6, 6.07) is 14.7. The molecule has 0 spiro atoms. The van der Waals surface area contributed by atoms with E-state index < -0.39 is 0 Å². The highest BCUT2D eigenvalue weighted by atomic mass is 79.9. The van der Waals surface area contributed by atoms with Crippen LogP contribution in [0.1, 0.15) is 28.3 Å². The fraction of sp³-hybridized carbons (Fsp3) is 0.200. The van der Waals surface area contributed by atoms with Gasteiger partial charge >= 0.3 is 0 Å². The van der Waals surface area contributed by atoms with E-state index in [1.807, 2.05) is 12.1 Å². The number of hydrogen-bond donors (Lipinski definition) is 2. The molecule has 0 radical (unpaired) electrons. The predicted octanol–water partition coefficient (Wildman–Crippen LogP) is 3.62. The second kappa shape index (κ2) is 5.65. The summed E-state index contributed by atoms with van der Waals surface area (Å²) < 4.78 is 1.07. The zero-order valence-electron chi connectivity index (χ0n) is 10.6. The quantitative estimate of drug-likeness (QED) is 0.671. The Morgan fingerprint density at radius 3 is 2.33 bits per heavy atom. The van der Waals surface area contributed by atoms with Crippen molar-refractivity contribution in [3.05, 3.63) is 69.2 Å². The molecule has 2 aromatic rings. The smallest absolute Gasteiger partial charge is 0.0712 e. The van der Waals surface area contributed by atoms with E-state index in [4.69, 9.17) is 5.84 Å². The summed E-state index contributed by atoms with van der Waals surface area (Å²) in [6.45, 7) is 4.20. The monoisotopic (exact) mass is 304 g/mol. The number of nitrogens with one attached hydrogen (secondary N) is 1. The highest BCUT2D eigenvalue weighted by Crippen LogP contribution is 2.26. The predicted molar refractivity (Wildman–Crippen MR) is 79.2 cm³/mol. The third-order valence-corrected chi connectivity index (χ3v) is 3.64. The first kappa shape index (κ1) is 13.3. The average molecular weight is 305 g/mol. The Morgan fingerprint density at radius 2 is 1.72 bits per heavy atom. The Bertz CT molecular complexity index is 535. The largest absolute Gasteiger partial charge is 0.271 e. The lowest BCUT2D eigenvalue weighted by atomic mass is 9.94. The zero-order valence-corrected chi connectivity index (χ0v) is 12.2. The lowest BCUT2D eigenvalue weighted by Crippen LogP contribution is -2.29. The van der Waals surface area contributed by atoms with Crippen molar-refractivity contribution in [3.63, 3.8) is 0 Å². The van der Waals surface area contributed by atoms with Crippen molar-refractivity contribution < 1.29 is 0 Å². The molecule has 0 heterocycles. The second-order valence-corrected chi connectivity index (χ2v) is 5.43. The Balaban J connectivity index is 2.44. The molecule has 18 heavy (non-hydrogen) atoms. The molecule has 0 aliphatic rings. The number of nitrogens with two attached hydrogens (primary N) is 1. The van der Waals surface area contributed by atoms with Gasteiger partial charge in [-0.3, -0.25) is 5.84 Å². The van der Waals surface area contributed by atoms with Gasteiger partial charge in [-0.05, 0) is 42.7 Å². The number of hydrazine groups is 1. The molecule has 0 aliphatic heterocycles. The number of rotatable bonds is 3. The maximum absolute atomic E-state index is 5.73. The van der Waals surface area contributed by atoms with Gasteiger partial charge < -0.3 is 0 Å². The van der Waals surface area contributed by atoms with Crippen LogP contribution in [0.5, 0.6) is 0 Å². The Hall–Kier alpha value is -1.16. The van der Waals surface area contributed by atoms with Crippen LogP contribution in [-0.2, 0) is 0 Å². The fourth-order valence-electron chi connectivity index (χ4n) is 2.09. The summed E-state index contributed by atoms with van der Waals surface area (Å²) in [7, 11) is 0.